The Morgan fingerprint density at radius 3 is 2.53 bits per heavy atom. The van der Waals surface area contributed by atoms with Gasteiger partial charge < -0.3 is 5.32 Å². The lowest BCUT2D eigenvalue weighted by Gasteiger charge is -2.27. The summed E-state index contributed by atoms with van der Waals surface area (Å²) in [6.07, 6.45) is 9.31. The van der Waals surface area contributed by atoms with E-state index < -0.39 is 0 Å². The fraction of sp³-hybridized carbons (Fsp3) is 0.733. The van der Waals surface area contributed by atoms with Crippen LogP contribution in [0.3, 0.4) is 0 Å². The molecule has 2 atom stereocenters. The molecule has 0 spiro atoms. The van der Waals surface area contributed by atoms with Crippen molar-refractivity contribution in [2.45, 2.75) is 38.6 Å². The maximum atomic E-state index is 3.83. The number of nitrogens with zero attached hydrogens (tertiary/aromatic N) is 1. The molecule has 17 heavy (non-hydrogen) atoms. The molecule has 0 radical (unpaired) electrons. The summed E-state index contributed by atoms with van der Waals surface area (Å²) in [5, 5.41) is 3.69. The Kier molecular flexibility index (Phi) is 7.22. The third-order valence-electron chi connectivity index (χ3n) is 3.58. The zero-order valence-electron chi connectivity index (χ0n) is 11.3. The van der Waals surface area contributed by atoms with Crippen molar-refractivity contribution in [3.05, 3.63) is 25.3 Å². The zero-order valence-corrected chi connectivity index (χ0v) is 11.3. The van der Waals surface area contributed by atoms with E-state index in [-0.39, 0.29) is 0 Å². The van der Waals surface area contributed by atoms with Crippen molar-refractivity contribution in [1.82, 2.24) is 10.2 Å². The molecule has 98 valence electrons. The normalized spacial score (nSPS) is 24.1. The Morgan fingerprint density at radius 1 is 1.24 bits per heavy atom. The van der Waals surface area contributed by atoms with Crippen LogP contribution in [0.5, 0.6) is 0 Å². The number of rotatable bonds is 9. The molecule has 1 aliphatic rings. The third-order valence-corrected chi connectivity index (χ3v) is 3.58. The summed E-state index contributed by atoms with van der Waals surface area (Å²) in [5.74, 6) is 0.807. The molecule has 1 aliphatic carbocycles. The van der Waals surface area contributed by atoms with E-state index in [1.54, 1.807) is 0 Å². The van der Waals surface area contributed by atoms with E-state index in [1.807, 2.05) is 12.2 Å². The van der Waals surface area contributed by atoms with Crippen molar-refractivity contribution >= 4 is 0 Å². The van der Waals surface area contributed by atoms with Gasteiger partial charge >= 0.3 is 0 Å². The van der Waals surface area contributed by atoms with Gasteiger partial charge in [-0.3, -0.25) is 4.90 Å². The summed E-state index contributed by atoms with van der Waals surface area (Å²) in [6.45, 7) is 14.2. The van der Waals surface area contributed by atoms with Crippen LogP contribution in [0.4, 0.5) is 0 Å². The Labute approximate surface area is 107 Å². The second-order valence-corrected chi connectivity index (χ2v) is 5.05. The van der Waals surface area contributed by atoms with Crippen molar-refractivity contribution in [1.29, 1.82) is 0 Å². The van der Waals surface area contributed by atoms with Gasteiger partial charge in [0.1, 0.15) is 0 Å². The van der Waals surface area contributed by atoms with Gasteiger partial charge in [-0.25, -0.2) is 0 Å². The molecule has 1 fully saturated rings. The molecular weight excluding hydrogens is 208 g/mol. The molecule has 2 heteroatoms. The van der Waals surface area contributed by atoms with E-state index >= 15 is 0 Å². The first-order chi connectivity index (χ1) is 8.31. The quantitative estimate of drug-likeness (QED) is 0.619. The van der Waals surface area contributed by atoms with Gasteiger partial charge in [-0.1, -0.05) is 25.5 Å². The highest BCUT2D eigenvalue weighted by atomic mass is 15.1. The number of nitrogens with one attached hydrogen (secondary N) is 1. The highest BCUT2D eigenvalue weighted by Gasteiger charge is 2.27. The average Bonchev–Trinajstić information content (AvgIpc) is 2.74. The van der Waals surface area contributed by atoms with Gasteiger partial charge in [-0.2, -0.15) is 0 Å². The molecule has 1 saturated carbocycles. The highest BCUT2D eigenvalue weighted by Crippen LogP contribution is 2.26. The lowest BCUT2D eigenvalue weighted by atomic mass is 10.0. The van der Waals surface area contributed by atoms with Crippen LogP contribution in [0.25, 0.3) is 0 Å². The van der Waals surface area contributed by atoms with Gasteiger partial charge in [-0.05, 0) is 31.7 Å². The summed E-state index contributed by atoms with van der Waals surface area (Å²) < 4.78 is 0. The minimum atomic E-state index is 0.729. The predicted molar refractivity (Wildman–Crippen MR) is 76.3 cm³/mol. The molecule has 0 aromatic heterocycles. The Hall–Kier alpha value is -0.600. The van der Waals surface area contributed by atoms with Gasteiger partial charge in [0.2, 0.25) is 0 Å². The van der Waals surface area contributed by atoms with Crippen LogP contribution in [0, 0.1) is 5.92 Å². The molecule has 0 aromatic carbocycles. The summed E-state index contributed by atoms with van der Waals surface area (Å²) in [6, 6.07) is 0.729. The van der Waals surface area contributed by atoms with E-state index in [0.717, 1.165) is 31.6 Å². The van der Waals surface area contributed by atoms with E-state index in [0.29, 0.717) is 0 Å². The second-order valence-electron chi connectivity index (χ2n) is 5.05. The summed E-state index contributed by atoms with van der Waals surface area (Å²) in [4.78, 5) is 2.44. The Morgan fingerprint density at radius 2 is 1.94 bits per heavy atom. The molecule has 0 saturated heterocycles. The fourth-order valence-corrected chi connectivity index (χ4v) is 2.77. The van der Waals surface area contributed by atoms with Crippen LogP contribution in [-0.2, 0) is 0 Å². The molecule has 0 aliphatic heterocycles. The Bertz CT molecular complexity index is 215. The lowest BCUT2D eigenvalue weighted by molar-refractivity contribution is 0.250. The first-order valence-corrected chi connectivity index (χ1v) is 6.99. The molecule has 2 nitrogen and oxygen atoms in total. The standard InChI is InChI=1S/C15H28N2/c1-4-10-16-15-9-7-8-14(15)13-17(11-5-2)12-6-3/h5-6,14-16H,2-4,7-13H2,1H3. The minimum absolute atomic E-state index is 0.729. The van der Waals surface area contributed by atoms with Crippen LogP contribution in [0.15, 0.2) is 25.3 Å². The van der Waals surface area contributed by atoms with Gasteiger partial charge in [0.25, 0.3) is 0 Å². The van der Waals surface area contributed by atoms with Gasteiger partial charge in [0.15, 0.2) is 0 Å². The van der Waals surface area contributed by atoms with Crippen LogP contribution < -0.4 is 5.32 Å². The maximum absolute atomic E-state index is 3.83. The maximum Gasteiger partial charge on any atom is 0.0164 e. The van der Waals surface area contributed by atoms with Crippen molar-refractivity contribution in [3.63, 3.8) is 0 Å². The van der Waals surface area contributed by atoms with Crippen molar-refractivity contribution < 1.29 is 0 Å². The monoisotopic (exact) mass is 236 g/mol. The molecule has 0 bridgehead atoms. The number of hydrogen-bond acceptors (Lipinski definition) is 2. The van der Waals surface area contributed by atoms with Crippen LogP contribution in [-0.4, -0.2) is 37.1 Å². The summed E-state index contributed by atoms with van der Waals surface area (Å²) >= 11 is 0. The van der Waals surface area contributed by atoms with Crippen LogP contribution >= 0.6 is 0 Å². The molecule has 1 N–H and O–H groups in total. The van der Waals surface area contributed by atoms with Crippen LogP contribution in [0.2, 0.25) is 0 Å². The zero-order chi connectivity index (χ0) is 12.5. The largest absolute Gasteiger partial charge is 0.314 e. The summed E-state index contributed by atoms with van der Waals surface area (Å²) in [5.41, 5.74) is 0. The van der Waals surface area contributed by atoms with E-state index in [9.17, 15) is 0 Å². The van der Waals surface area contributed by atoms with Crippen LogP contribution in [0.1, 0.15) is 32.6 Å². The lowest BCUT2D eigenvalue weighted by Crippen LogP contribution is -2.39. The van der Waals surface area contributed by atoms with E-state index in [2.05, 4.69) is 30.3 Å². The van der Waals surface area contributed by atoms with Crippen molar-refractivity contribution in [3.8, 4) is 0 Å². The predicted octanol–water partition coefficient (Wildman–Crippen LogP) is 2.83. The minimum Gasteiger partial charge on any atom is -0.314 e. The molecular formula is C15H28N2. The van der Waals surface area contributed by atoms with Gasteiger partial charge in [0, 0.05) is 25.7 Å². The topological polar surface area (TPSA) is 15.3 Å². The fourth-order valence-electron chi connectivity index (χ4n) is 2.77. The van der Waals surface area contributed by atoms with Crippen molar-refractivity contribution in [2.24, 2.45) is 5.92 Å². The molecule has 1 rings (SSSR count). The first kappa shape index (κ1) is 14.5. The molecule has 0 amide bonds. The smallest absolute Gasteiger partial charge is 0.0164 e. The van der Waals surface area contributed by atoms with E-state index in [4.69, 9.17) is 0 Å². The average molecular weight is 236 g/mol. The first-order valence-electron chi connectivity index (χ1n) is 6.99. The van der Waals surface area contributed by atoms with Crippen molar-refractivity contribution in [2.75, 3.05) is 26.2 Å². The molecule has 0 aromatic rings. The number of hydrogen-bond donors (Lipinski definition) is 1. The summed E-state index contributed by atoms with van der Waals surface area (Å²) in [7, 11) is 0. The molecule has 0 heterocycles. The van der Waals surface area contributed by atoms with Gasteiger partial charge in [0.05, 0.1) is 0 Å². The third kappa shape index (κ3) is 5.05. The second kappa shape index (κ2) is 8.48. The highest BCUT2D eigenvalue weighted by molar-refractivity contribution is 4.88. The molecule has 2 unspecified atom stereocenters. The Balaban J connectivity index is 2.40. The van der Waals surface area contributed by atoms with E-state index in [1.165, 1.54) is 32.2 Å². The van der Waals surface area contributed by atoms with Gasteiger partial charge in [-0.15, -0.1) is 13.2 Å². The SMILES string of the molecule is C=CCN(CC=C)CC1CCCC1NCCC.